The van der Waals surface area contributed by atoms with Crippen LogP contribution in [0, 0.1) is 0 Å². The van der Waals surface area contributed by atoms with Gasteiger partial charge >= 0.3 is 0 Å². The lowest BCUT2D eigenvalue weighted by molar-refractivity contribution is 0.482. The number of nitrogens with zero attached hydrogens (tertiary/aromatic N) is 2. The zero-order valence-corrected chi connectivity index (χ0v) is 17.8. The third-order valence-corrected chi connectivity index (χ3v) is 4.58. The number of aliphatic imine (C=N–C) groups is 1. The zero-order chi connectivity index (χ0) is 18.5. The van der Waals surface area contributed by atoms with Crippen LogP contribution in [0.1, 0.15) is 11.1 Å². The number of rotatable bonds is 4. The van der Waals surface area contributed by atoms with Crippen molar-refractivity contribution in [1.82, 2.24) is 0 Å². The number of likely N-dealkylation sites (N-methyl/N-ethyl adjacent to an activating group) is 1. The molecule has 0 N–H and O–H groups in total. The van der Waals surface area contributed by atoms with E-state index >= 15 is 0 Å². The highest BCUT2D eigenvalue weighted by Gasteiger charge is 2.13. The summed E-state index contributed by atoms with van der Waals surface area (Å²) in [5.41, 5.74) is 4.50. The number of halogens is 2. The fraction of sp³-hybridized carbons (Fsp3) is 0.125. The number of fused-ring (bicyclic) bond motifs is 1. The first-order valence-electron chi connectivity index (χ1n) is 9.16. The fourth-order valence-electron chi connectivity index (χ4n) is 3.17. The van der Waals surface area contributed by atoms with E-state index in [0.29, 0.717) is 0 Å². The summed E-state index contributed by atoms with van der Waals surface area (Å²) in [5, 5.41) is 0. The van der Waals surface area contributed by atoms with Gasteiger partial charge in [-0.3, -0.25) is 4.99 Å². The molecular formula is C24H24Cl2N2O. The van der Waals surface area contributed by atoms with E-state index in [-0.39, 0.29) is 24.8 Å². The van der Waals surface area contributed by atoms with Crippen LogP contribution in [0.2, 0.25) is 0 Å². The number of benzene rings is 3. The van der Waals surface area contributed by atoms with Crippen molar-refractivity contribution in [3.05, 3.63) is 96.1 Å². The Labute approximate surface area is 184 Å². The molecule has 150 valence electrons. The highest BCUT2D eigenvalue weighted by molar-refractivity contribution is 6.14. The van der Waals surface area contributed by atoms with Gasteiger partial charge in [0, 0.05) is 24.8 Å². The van der Waals surface area contributed by atoms with Crippen LogP contribution in [0.25, 0.3) is 6.08 Å². The molecule has 1 aliphatic rings. The number of ether oxygens (including phenoxy) is 1. The lowest BCUT2D eigenvalue weighted by Gasteiger charge is -2.18. The second kappa shape index (κ2) is 10.7. The van der Waals surface area contributed by atoms with Crippen molar-refractivity contribution in [2.75, 3.05) is 25.0 Å². The molecule has 0 radical (unpaired) electrons. The number of hydrogen-bond donors (Lipinski definition) is 0. The smallest absolute Gasteiger partial charge is 0.128 e. The normalized spacial score (nSPS) is 12.9. The molecule has 3 aromatic rings. The van der Waals surface area contributed by atoms with Crippen molar-refractivity contribution in [3.8, 4) is 11.5 Å². The number of benzodiazepines with no additional fused rings is 1. The van der Waals surface area contributed by atoms with Gasteiger partial charge in [0.25, 0.3) is 0 Å². The predicted octanol–water partition coefficient (Wildman–Crippen LogP) is 6.27. The lowest BCUT2D eigenvalue weighted by atomic mass is 10.1. The van der Waals surface area contributed by atoms with Crippen molar-refractivity contribution in [1.29, 1.82) is 0 Å². The van der Waals surface area contributed by atoms with Crippen LogP contribution in [0.3, 0.4) is 0 Å². The van der Waals surface area contributed by atoms with Gasteiger partial charge in [0.05, 0.1) is 12.3 Å². The third kappa shape index (κ3) is 5.63. The van der Waals surface area contributed by atoms with Crippen LogP contribution in [-0.2, 0) is 0 Å². The maximum atomic E-state index is 5.93. The van der Waals surface area contributed by atoms with Crippen molar-refractivity contribution in [2.24, 2.45) is 4.99 Å². The van der Waals surface area contributed by atoms with E-state index in [1.54, 1.807) is 0 Å². The minimum atomic E-state index is 0. The second-order valence-corrected chi connectivity index (χ2v) is 6.53. The van der Waals surface area contributed by atoms with Gasteiger partial charge < -0.3 is 9.64 Å². The number of anilines is 1. The molecule has 3 nitrogen and oxygen atoms in total. The van der Waals surface area contributed by atoms with E-state index in [1.807, 2.05) is 48.5 Å². The monoisotopic (exact) mass is 426 g/mol. The van der Waals surface area contributed by atoms with Crippen LogP contribution in [-0.4, -0.2) is 25.8 Å². The van der Waals surface area contributed by atoms with Crippen molar-refractivity contribution in [3.63, 3.8) is 0 Å². The molecule has 0 fully saturated rings. The van der Waals surface area contributed by atoms with Crippen molar-refractivity contribution in [2.45, 2.75) is 0 Å². The maximum absolute atomic E-state index is 5.93. The van der Waals surface area contributed by atoms with Gasteiger partial charge in [-0.2, -0.15) is 0 Å². The van der Waals surface area contributed by atoms with Gasteiger partial charge in [0.15, 0.2) is 0 Å². The van der Waals surface area contributed by atoms with E-state index in [1.165, 1.54) is 11.3 Å². The molecular weight excluding hydrogens is 403 g/mol. The molecule has 0 amide bonds. The first-order chi connectivity index (χ1) is 13.3. The highest BCUT2D eigenvalue weighted by atomic mass is 35.5. The molecule has 0 saturated heterocycles. The first-order valence-corrected chi connectivity index (χ1v) is 9.16. The Morgan fingerprint density at radius 1 is 0.828 bits per heavy atom. The molecule has 29 heavy (non-hydrogen) atoms. The average molecular weight is 427 g/mol. The van der Waals surface area contributed by atoms with Gasteiger partial charge in [-0.25, -0.2) is 0 Å². The predicted molar refractivity (Wildman–Crippen MR) is 128 cm³/mol. The van der Waals surface area contributed by atoms with Crippen LogP contribution >= 0.6 is 24.8 Å². The summed E-state index contributed by atoms with van der Waals surface area (Å²) in [7, 11) is 2.12. The van der Waals surface area contributed by atoms with Gasteiger partial charge in [0.1, 0.15) is 11.5 Å². The SMILES string of the molecule is CN1CCN=C(C=Cc2cccc(Oc3ccccc3)c2)c2ccccc21.Cl.Cl. The molecule has 3 aromatic carbocycles. The molecule has 4 rings (SSSR count). The Morgan fingerprint density at radius 3 is 2.38 bits per heavy atom. The molecule has 0 atom stereocenters. The van der Waals surface area contributed by atoms with Gasteiger partial charge in [0.2, 0.25) is 0 Å². The van der Waals surface area contributed by atoms with E-state index in [2.05, 4.69) is 54.4 Å². The Balaban J connectivity index is 0.00000150. The van der Waals surface area contributed by atoms with E-state index in [9.17, 15) is 0 Å². The first kappa shape index (κ1) is 22.5. The largest absolute Gasteiger partial charge is 0.457 e. The Hall–Kier alpha value is -2.75. The minimum absolute atomic E-state index is 0. The highest BCUT2D eigenvalue weighted by Crippen LogP contribution is 2.24. The maximum Gasteiger partial charge on any atom is 0.128 e. The van der Waals surface area contributed by atoms with Crippen LogP contribution < -0.4 is 9.64 Å². The fourth-order valence-corrected chi connectivity index (χ4v) is 3.17. The van der Waals surface area contributed by atoms with Gasteiger partial charge in [-0.1, -0.05) is 54.6 Å². The summed E-state index contributed by atoms with van der Waals surface area (Å²) in [6.07, 6.45) is 4.19. The molecule has 1 heterocycles. The molecule has 0 spiro atoms. The quantitative estimate of drug-likeness (QED) is 0.490. The number of para-hydroxylation sites is 2. The van der Waals surface area contributed by atoms with Crippen molar-refractivity contribution < 1.29 is 4.74 Å². The van der Waals surface area contributed by atoms with Crippen molar-refractivity contribution >= 4 is 42.3 Å². The van der Waals surface area contributed by atoms with E-state index in [0.717, 1.165) is 35.9 Å². The molecule has 0 aliphatic carbocycles. The summed E-state index contributed by atoms with van der Waals surface area (Å²) >= 11 is 0. The van der Waals surface area contributed by atoms with E-state index in [4.69, 9.17) is 9.73 Å². The average Bonchev–Trinajstić information content (AvgIpc) is 2.87. The minimum Gasteiger partial charge on any atom is -0.457 e. The summed E-state index contributed by atoms with van der Waals surface area (Å²) in [6, 6.07) is 26.3. The number of hydrogen-bond acceptors (Lipinski definition) is 3. The molecule has 0 unspecified atom stereocenters. The standard InChI is InChI=1S/C24H22N2O.2ClH/c1-26-17-16-25-23(22-12-5-6-13-24(22)26)15-14-19-8-7-11-21(18-19)27-20-9-3-2-4-10-20;;/h2-15,18H,16-17H2,1H3;2*1H. The third-order valence-electron chi connectivity index (χ3n) is 4.58. The molecule has 0 aromatic heterocycles. The van der Waals surface area contributed by atoms with Gasteiger partial charge in [-0.05, 0) is 42.0 Å². The molecule has 5 heteroatoms. The molecule has 0 bridgehead atoms. The van der Waals surface area contributed by atoms with Crippen LogP contribution in [0.15, 0.2) is 89.9 Å². The van der Waals surface area contributed by atoms with Gasteiger partial charge in [-0.15, -0.1) is 24.8 Å². The molecule has 0 saturated carbocycles. The summed E-state index contributed by atoms with van der Waals surface area (Å²) in [6.45, 7) is 1.72. The van der Waals surface area contributed by atoms with E-state index < -0.39 is 0 Å². The molecule has 1 aliphatic heterocycles. The lowest BCUT2D eigenvalue weighted by Crippen LogP contribution is -2.20. The Morgan fingerprint density at radius 2 is 1.55 bits per heavy atom. The zero-order valence-electron chi connectivity index (χ0n) is 16.2. The Kier molecular flexibility index (Phi) is 8.32. The van der Waals surface area contributed by atoms with Crippen LogP contribution in [0.5, 0.6) is 11.5 Å². The summed E-state index contributed by atoms with van der Waals surface area (Å²) in [5.74, 6) is 1.66. The second-order valence-electron chi connectivity index (χ2n) is 6.53. The summed E-state index contributed by atoms with van der Waals surface area (Å²) < 4.78 is 5.93. The Bertz CT molecular complexity index is 987. The topological polar surface area (TPSA) is 24.8 Å². The van der Waals surface area contributed by atoms with Crippen LogP contribution in [0.4, 0.5) is 5.69 Å². The number of allylic oxidation sites excluding steroid dienone is 1. The summed E-state index contributed by atoms with van der Waals surface area (Å²) in [4.78, 5) is 7.04.